The summed E-state index contributed by atoms with van der Waals surface area (Å²) >= 11 is 0. The first-order valence-electron chi connectivity index (χ1n) is 6.51. The van der Waals surface area contributed by atoms with Crippen LogP contribution in [0, 0.1) is 24.7 Å². The van der Waals surface area contributed by atoms with Crippen LogP contribution in [0.4, 0.5) is 0 Å². The predicted octanol–water partition coefficient (Wildman–Crippen LogP) is 1.91. The first-order chi connectivity index (χ1) is 7.75. The van der Waals surface area contributed by atoms with Crippen LogP contribution in [0.2, 0.25) is 0 Å². The Morgan fingerprint density at radius 3 is 2.06 bits per heavy atom. The highest BCUT2D eigenvalue weighted by Crippen LogP contribution is 2.58. The van der Waals surface area contributed by atoms with Crippen molar-refractivity contribution in [3.63, 3.8) is 0 Å². The second-order valence-electron chi connectivity index (χ2n) is 6.28. The van der Waals surface area contributed by atoms with Gasteiger partial charge in [0.25, 0.3) is 0 Å². The van der Waals surface area contributed by atoms with E-state index < -0.39 is 0 Å². The van der Waals surface area contributed by atoms with E-state index in [0.717, 1.165) is 23.6 Å². The average molecular weight is 218 g/mol. The molecule has 0 N–H and O–H groups in total. The zero-order valence-corrected chi connectivity index (χ0v) is 9.76. The summed E-state index contributed by atoms with van der Waals surface area (Å²) in [4.78, 5) is 0. The molecule has 0 aliphatic heterocycles. The summed E-state index contributed by atoms with van der Waals surface area (Å²) in [7, 11) is 0. The van der Waals surface area contributed by atoms with Gasteiger partial charge in [0.15, 0.2) is 0 Å². The molecule has 4 fully saturated rings. The van der Waals surface area contributed by atoms with Gasteiger partial charge in [-0.05, 0) is 73.6 Å². The number of hydrogen-bond acceptors (Lipinski definition) is 3. The molecule has 5 rings (SSSR count). The van der Waals surface area contributed by atoms with Gasteiger partial charge in [-0.3, -0.25) is 0 Å². The fraction of sp³-hybridized carbons (Fsp3) is 0.917. The van der Waals surface area contributed by atoms with Crippen LogP contribution in [0.3, 0.4) is 0 Å². The summed E-state index contributed by atoms with van der Waals surface area (Å²) in [6, 6.07) is 0. The predicted molar refractivity (Wildman–Crippen MR) is 58.7 cm³/mol. The number of aromatic nitrogens is 4. The highest BCUT2D eigenvalue weighted by Gasteiger charge is 2.53. The molecule has 0 saturated heterocycles. The quantitative estimate of drug-likeness (QED) is 0.723. The van der Waals surface area contributed by atoms with E-state index in [1.165, 1.54) is 38.5 Å². The Bertz CT molecular complexity index is 387. The van der Waals surface area contributed by atoms with E-state index in [2.05, 4.69) is 20.2 Å². The molecule has 4 aliphatic rings. The molecule has 86 valence electrons. The second kappa shape index (κ2) is 2.84. The number of tetrazole rings is 1. The normalized spacial score (nSPS) is 45.2. The van der Waals surface area contributed by atoms with Crippen LogP contribution >= 0.6 is 0 Å². The molecule has 0 aromatic carbocycles. The van der Waals surface area contributed by atoms with Crippen LogP contribution in [-0.4, -0.2) is 20.2 Å². The number of nitrogens with zero attached hydrogens (tertiary/aromatic N) is 4. The van der Waals surface area contributed by atoms with Crippen molar-refractivity contribution in [2.75, 3.05) is 0 Å². The van der Waals surface area contributed by atoms with Crippen molar-refractivity contribution >= 4 is 0 Å². The van der Waals surface area contributed by atoms with E-state index in [1.807, 2.05) is 6.92 Å². The largest absolute Gasteiger partial charge is 0.224 e. The zero-order valence-electron chi connectivity index (χ0n) is 9.76. The minimum Gasteiger partial charge on any atom is -0.224 e. The summed E-state index contributed by atoms with van der Waals surface area (Å²) in [5.41, 5.74) is 0.294. The van der Waals surface area contributed by atoms with Crippen molar-refractivity contribution in [1.82, 2.24) is 20.2 Å². The van der Waals surface area contributed by atoms with Crippen molar-refractivity contribution in [3.05, 3.63) is 5.82 Å². The Morgan fingerprint density at radius 2 is 1.62 bits per heavy atom. The minimum absolute atomic E-state index is 0.294. The van der Waals surface area contributed by atoms with Crippen molar-refractivity contribution in [3.8, 4) is 0 Å². The highest BCUT2D eigenvalue weighted by molar-refractivity contribution is 5.05. The van der Waals surface area contributed by atoms with Gasteiger partial charge < -0.3 is 0 Å². The van der Waals surface area contributed by atoms with Gasteiger partial charge >= 0.3 is 0 Å². The van der Waals surface area contributed by atoms with Crippen molar-refractivity contribution in [2.24, 2.45) is 17.8 Å². The minimum atomic E-state index is 0.294. The third-order valence-electron chi connectivity index (χ3n) is 5.08. The lowest BCUT2D eigenvalue weighted by atomic mass is 9.53. The number of aryl methyl sites for hydroxylation is 1. The summed E-state index contributed by atoms with van der Waals surface area (Å²) in [6.45, 7) is 2.04. The third-order valence-corrected chi connectivity index (χ3v) is 5.08. The molecular formula is C12H18N4. The first-order valence-corrected chi connectivity index (χ1v) is 6.51. The SMILES string of the molecule is Cc1nnnn1C12CC3CC(CC(C3)C1)C2. The van der Waals surface area contributed by atoms with Crippen molar-refractivity contribution < 1.29 is 0 Å². The molecule has 0 atom stereocenters. The lowest BCUT2D eigenvalue weighted by molar-refractivity contribution is -0.0513. The third kappa shape index (κ3) is 1.08. The summed E-state index contributed by atoms with van der Waals surface area (Å²) in [6.07, 6.45) is 8.39. The van der Waals surface area contributed by atoms with Gasteiger partial charge in [0.2, 0.25) is 0 Å². The Hall–Kier alpha value is -0.930. The fourth-order valence-corrected chi connectivity index (χ4v) is 4.99. The van der Waals surface area contributed by atoms with Gasteiger partial charge in [-0.2, -0.15) is 0 Å². The Balaban J connectivity index is 1.79. The van der Waals surface area contributed by atoms with Crippen LogP contribution in [0.25, 0.3) is 0 Å². The number of rotatable bonds is 1. The topological polar surface area (TPSA) is 43.6 Å². The summed E-state index contributed by atoms with van der Waals surface area (Å²) in [5.74, 6) is 3.86. The van der Waals surface area contributed by atoms with E-state index >= 15 is 0 Å². The standard InChI is InChI=1S/C12H18N4/c1-8-13-14-15-16(8)12-5-9-2-10(6-12)4-11(3-9)7-12/h9-11H,2-7H2,1H3. The van der Waals surface area contributed by atoms with Crippen LogP contribution in [0.5, 0.6) is 0 Å². The fourth-order valence-electron chi connectivity index (χ4n) is 4.99. The van der Waals surface area contributed by atoms with E-state index in [9.17, 15) is 0 Å². The Morgan fingerprint density at radius 1 is 1.06 bits per heavy atom. The van der Waals surface area contributed by atoms with E-state index in [0.29, 0.717) is 5.54 Å². The van der Waals surface area contributed by atoms with Crippen LogP contribution in [0.1, 0.15) is 44.3 Å². The summed E-state index contributed by atoms with van der Waals surface area (Å²) < 4.78 is 2.15. The molecule has 16 heavy (non-hydrogen) atoms. The molecule has 1 aromatic rings. The van der Waals surface area contributed by atoms with Gasteiger partial charge in [-0.25, -0.2) is 4.68 Å². The first kappa shape index (κ1) is 9.14. The Labute approximate surface area is 95.4 Å². The van der Waals surface area contributed by atoms with E-state index in [4.69, 9.17) is 0 Å². The molecular weight excluding hydrogens is 200 g/mol. The van der Waals surface area contributed by atoms with Gasteiger partial charge in [-0.1, -0.05) is 0 Å². The maximum atomic E-state index is 4.26. The summed E-state index contributed by atoms with van der Waals surface area (Å²) in [5, 5.41) is 12.2. The molecule has 4 saturated carbocycles. The maximum absolute atomic E-state index is 4.26. The average Bonchev–Trinajstić information content (AvgIpc) is 2.62. The molecule has 1 heterocycles. The van der Waals surface area contributed by atoms with E-state index in [-0.39, 0.29) is 0 Å². The van der Waals surface area contributed by atoms with Gasteiger partial charge in [0, 0.05) is 0 Å². The van der Waals surface area contributed by atoms with Crippen molar-refractivity contribution in [2.45, 2.75) is 51.0 Å². The molecule has 4 heteroatoms. The molecule has 4 aliphatic carbocycles. The number of hydrogen-bond donors (Lipinski definition) is 0. The van der Waals surface area contributed by atoms with Gasteiger partial charge in [0.1, 0.15) is 5.82 Å². The second-order valence-corrected chi connectivity index (χ2v) is 6.28. The highest BCUT2D eigenvalue weighted by atomic mass is 15.6. The molecule has 0 amide bonds. The van der Waals surface area contributed by atoms with Crippen LogP contribution in [0.15, 0.2) is 0 Å². The lowest BCUT2D eigenvalue weighted by Crippen LogP contribution is -2.52. The molecule has 4 nitrogen and oxygen atoms in total. The van der Waals surface area contributed by atoms with E-state index in [1.54, 1.807) is 0 Å². The van der Waals surface area contributed by atoms with Crippen molar-refractivity contribution in [1.29, 1.82) is 0 Å². The molecule has 4 bridgehead atoms. The van der Waals surface area contributed by atoms with Gasteiger partial charge in [-0.15, -0.1) is 5.10 Å². The Kier molecular flexibility index (Phi) is 1.62. The monoisotopic (exact) mass is 218 g/mol. The van der Waals surface area contributed by atoms with Crippen LogP contribution in [-0.2, 0) is 5.54 Å². The molecule has 0 radical (unpaired) electrons. The lowest BCUT2D eigenvalue weighted by Gasteiger charge is -2.56. The molecule has 0 spiro atoms. The zero-order chi connectivity index (χ0) is 10.8. The van der Waals surface area contributed by atoms with Gasteiger partial charge in [0.05, 0.1) is 5.54 Å². The smallest absolute Gasteiger partial charge is 0.148 e. The van der Waals surface area contributed by atoms with Crippen LogP contribution < -0.4 is 0 Å². The maximum Gasteiger partial charge on any atom is 0.148 e. The molecule has 1 aromatic heterocycles. The molecule has 0 unspecified atom stereocenters.